The molecule has 0 aliphatic heterocycles. The first kappa shape index (κ1) is 14.2. The summed E-state index contributed by atoms with van der Waals surface area (Å²) in [5, 5.41) is 0. The van der Waals surface area contributed by atoms with Crippen molar-refractivity contribution in [1.29, 1.82) is 0 Å². The van der Waals surface area contributed by atoms with Crippen LogP contribution in [0.2, 0.25) is 0 Å². The van der Waals surface area contributed by atoms with Crippen LogP contribution in [-0.2, 0) is 24.1 Å². The predicted molar refractivity (Wildman–Crippen MR) is 74.4 cm³/mol. The van der Waals surface area contributed by atoms with E-state index in [2.05, 4.69) is 4.98 Å². The zero-order valence-electron chi connectivity index (χ0n) is 11.8. The number of nitrogens with two attached hydrogens (primary N) is 1. The zero-order chi connectivity index (χ0) is 14.5. The number of aromatic nitrogens is 2. The fraction of sp³-hybridized carbons (Fsp3) is 0.429. The number of furan rings is 1. The molecule has 0 amide bonds. The molecule has 0 spiro atoms. The maximum absolute atomic E-state index is 11.8. The molecule has 6 heteroatoms. The summed E-state index contributed by atoms with van der Waals surface area (Å²) in [6.45, 7) is 4.65. The lowest BCUT2D eigenvalue weighted by Crippen LogP contribution is -2.11. The van der Waals surface area contributed by atoms with Gasteiger partial charge in [-0.05, 0) is 19.1 Å². The van der Waals surface area contributed by atoms with E-state index in [-0.39, 0.29) is 5.69 Å². The zero-order valence-corrected chi connectivity index (χ0v) is 11.8. The molecule has 2 aromatic heterocycles. The van der Waals surface area contributed by atoms with E-state index in [1.165, 1.54) is 0 Å². The normalized spacial score (nSPS) is 10.7. The van der Waals surface area contributed by atoms with Crippen LogP contribution in [-0.4, -0.2) is 22.1 Å². The van der Waals surface area contributed by atoms with Crippen LogP contribution in [0.3, 0.4) is 0 Å². The summed E-state index contributed by atoms with van der Waals surface area (Å²) in [6, 6.07) is 3.75. The summed E-state index contributed by atoms with van der Waals surface area (Å²) in [5.74, 6) is 1.53. The molecule has 108 valence electrons. The second-order valence-corrected chi connectivity index (χ2v) is 4.32. The Morgan fingerprint density at radius 3 is 2.90 bits per heavy atom. The third-order valence-electron chi connectivity index (χ3n) is 3.03. The first-order valence-corrected chi connectivity index (χ1v) is 6.71. The Labute approximate surface area is 117 Å². The van der Waals surface area contributed by atoms with Gasteiger partial charge in [-0.2, -0.15) is 0 Å². The lowest BCUT2D eigenvalue weighted by molar-refractivity contribution is 0.0521. The fourth-order valence-corrected chi connectivity index (χ4v) is 2.06. The highest BCUT2D eigenvalue weighted by Gasteiger charge is 2.20. The average molecular weight is 277 g/mol. The largest absolute Gasteiger partial charge is 0.469 e. The second kappa shape index (κ2) is 6.27. The standard InChI is InChI=1S/C14H19N3O3/c1-3-11-16-12(14(18)19-4-2)13(15)17(11)8-7-10-6-5-9-20-10/h5-6,9H,3-4,7-8,15H2,1-2H3. The van der Waals surface area contributed by atoms with Crippen molar-refractivity contribution in [3.8, 4) is 0 Å². The minimum atomic E-state index is -0.476. The van der Waals surface area contributed by atoms with Gasteiger partial charge in [0, 0.05) is 19.4 Å². The van der Waals surface area contributed by atoms with Gasteiger partial charge in [0.2, 0.25) is 0 Å². The van der Waals surface area contributed by atoms with Crippen LogP contribution in [0.25, 0.3) is 0 Å². The first-order chi connectivity index (χ1) is 9.67. The molecule has 0 saturated heterocycles. The lowest BCUT2D eigenvalue weighted by Gasteiger charge is -2.07. The number of rotatable bonds is 6. The van der Waals surface area contributed by atoms with E-state index in [4.69, 9.17) is 14.9 Å². The molecular weight excluding hydrogens is 258 g/mol. The molecule has 0 aromatic carbocycles. The highest BCUT2D eigenvalue weighted by Crippen LogP contribution is 2.17. The number of aryl methyl sites for hydroxylation is 2. The van der Waals surface area contributed by atoms with E-state index in [0.29, 0.717) is 31.8 Å². The van der Waals surface area contributed by atoms with Crippen LogP contribution in [0.1, 0.15) is 35.9 Å². The number of anilines is 1. The molecule has 0 fully saturated rings. The third-order valence-corrected chi connectivity index (χ3v) is 3.03. The second-order valence-electron chi connectivity index (χ2n) is 4.32. The smallest absolute Gasteiger partial charge is 0.360 e. The number of ether oxygens (including phenoxy) is 1. The van der Waals surface area contributed by atoms with E-state index in [9.17, 15) is 4.79 Å². The fourth-order valence-electron chi connectivity index (χ4n) is 2.06. The molecule has 20 heavy (non-hydrogen) atoms. The Hall–Kier alpha value is -2.24. The van der Waals surface area contributed by atoms with Crippen LogP contribution in [0.5, 0.6) is 0 Å². The van der Waals surface area contributed by atoms with Crippen molar-refractivity contribution in [1.82, 2.24) is 9.55 Å². The van der Waals surface area contributed by atoms with Gasteiger partial charge in [0.25, 0.3) is 0 Å². The van der Waals surface area contributed by atoms with Crippen LogP contribution in [0.15, 0.2) is 22.8 Å². The molecule has 0 atom stereocenters. The Bertz CT molecular complexity index is 573. The Morgan fingerprint density at radius 2 is 2.30 bits per heavy atom. The molecule has 2 heterocycles. The van der Waals surface area contributed by atoms with Gasteiger partial charge in [-0.15, -0.1) is 0 Å². The van der Waals surface area contributed by atoms with E-state index >= 15 is 0 Å². The number of nitrogen functional groups attached to an aromatic ring is 1. The van der Waals surface area contributed by atoms with E-state index in [1.807, 2.05) is 23.6 Å². The lowest BCUT2D eigenvalue weighted by atomic mass is 10.3. The molecular formula is C14H19N3O3. The Morgan fingerprint density at radius 1 is 1.50 bits per heavy atom. The van der Waals surface area contributed by atoms with Gasteiger partial charge in [0.1, 0.15) is 17.4 Å². The highest BCUT2D eigenvalue weighted by molar-refractivity contribution is 5.92. The number of esters is 1. The molecule has 0 bridgehead atoms. The van der Waals surface area contributed by atoms with Gasteiger partial charge in [-0.3, -0.25) is 0 Å². The number of carbonyl (C=O) groups excluding carboxylic acids is 1. The molecule has 6 nitrogen and oxygen atoms in total. The maximum atomic E-state index is 11.8. The summed E-state index contributed by atoms with van der Waals surface area (Å²) >= 11 is 0. The van der Waals surface area contributed by atoms with Crippen molar-refractivity contribution in [2.24, 2.45) is 0 Å². The summed E-state index contributed by atoms with van der Waals surface area (Å²) in [6.07, 6.45) is 3.03. The number of nitrogens with zero attached hydrogens (tertiary/aromatic N) is 2. The van der Waals surface area contributed by atoms with Crippen molar-refractivity contribution in [3.63, 3.8) is 0 Å². The van der Waals surface area contributed by atoms with Gasteiger partial charge >= 0.3 is 5.97 Å². The molecule has 0 unspecified atom stereocenters. The quantitative estimate of drug-likeness (QED) is 0.817. The SMILES string of the molecule is CCOC(=O)c1nc(CC)n(CCc2ccco2)c1N. The van der Waals surface area contributed by atoms with Crippen LogP contribution < -0.4 is 5.73 Å². The number of hydrogen-bond acceptors (Lipinski definition) is 5. The van der Waals surface area contributed by atoms with Gasteiger partial charge in [0.05, 0.1) is 12.9 Å². The van der Waals surface area contributed by atoms with Gasteiger partial charge in [-0.1, -0.05) is 6.92 Å². The molecule has 0 aliphatic carbocycles. The van der Waals surface area contributed by atoms with E-state index in [1.54, 1.807) is 13.2 Å². The van der Waals surface area contributed by atoms with Crippen molar-refractivity contribution < 1.29 is 13.9 Å². The molecule has 2 aromatic rings. The van der Waals surface area contributed by atoms with Crippen molar-refractivity contribution in [2.75, 3.05) is 12.3 Å². The minimum Gasteiger partial charge on any atom is -0.469 e. The van der Waals surface area contributed by atoms with Gasteiger partial charge in [-0.25, -0.2) is 9.78 Å². The highest BCUT2D eigenvalue weighted by atomic mass is 16.5. The van der Waals surface area contributed by atoms with Crippen LogP contribution in [0.4, 0.5) is 5.82 Å². The van der Waals surface area contributed by atoms with E-state index < -0.39 is 5.97 Å². The van der Waals surface area contributed by atoms with Crippen molar-refractivity contribution >= 4 is 11.8 Å². The topological polar surface area (TPSA) is 83.3 Å². The monoisotopic (exact) mass is 277 g/mol. The summed E-state index contributed by atoms with van der Waals surface area (Å²) in [7, 11) is 0. The molecule has 0 aliphatic rings. The number of carbonyl (C=O) groups is 1. The van der Waals surface area contributed by atoms with Crippen LogP contribution >= 0.6 is 0 Å². The van der Waals surface area contributed by atoms with Gasteiger partial charge < -0.3 is 19.5 Å². The first-order valence-electron chi connectivity index (χ1n) is 6.71. The molecule has 0 radical (unpaired) electrons. The van der Waals surface area contributed by atoms with E-state index in [0.717, 1.165) is 11.6 Å². The Balaban J connectivity index is 2.20. The average Bonchev–Trinajstić information content (AvgIpc) is 3.04. The predicted octanol–water partition coefficient (Wildman–Crippen LogP) is 2.04. The Kier molecular flexibility index (Phi) is 4.45. The molecule has 0 saturated carbocycles. The maximum Gasteiger partial charge on any atom is 0.360 e. The summed E-state index contributed by atoms with van der Waals surface area (Å²) in [4.78, 5) is 16.1. The van der Waals surface area contributed by atoms with Gasteiger partial charge in [0.15, 0.2) is 5.69 Å². The van der Waals surface area contributed by atoms with Crippen LogP contribution in [0, 0.1) is 0 Å². The number of hydrogen-bond donors (Lipinski definition) is 1. The molecule has 2 rings (SSSR count). The number of imidazole rings is 1. The summed E-state index contributed by atoms with van der Waals surface area (Å²) in [5.41, 5.74) is 6.22. The molecule has 2 N–H and O–H groups in total. The van der Waals surface area contributed by atoms with Crippen molar-refractivity contribution in [2.45, 2.75) is 33.2 Å². The third kappa shape index (κ3) is 2.84. The summed E-state index contributed by atoms with van der Waals surface area (Å²) < 4.78 is 12.1. The van der Waals surface area contributed by atoms with Crippen molar-refractivity contribution in [3.05, 3.63) is 35.7 Å². The minimum absolute atomic E-state index is 0.197.